The molecule has 0 amide bonds. The monoisotopic (exact) mass is 261 g/mol. The van der Waals surface area contributed by atoms with Crippen LogP contribution in [0, 0.1) is 0 Å². The third-order valence-electron chi connectivity index (χ3n) is 2.19. The van der Waals surface area contributed by atoms with Crippen molar-refractivity contribution in [2.45, 2.75) is 10.1 Å². The van der Waals surface area contributed by atoms with Crippen LogP contribution in [0.5, 0.6) is 0 Å². The minimum atomic E-state index is -0.430. The maximum Gasteiger partial charge on any atom is 0.339 e. The number of hydrogen-bond acceptors (Lipinski definition) is 6. The van der Waals surface area contributed by atoms with Crippen LogP contribution in [-0.4, -0.2) is 23.0 Å². The molecule has 0 aliphatic carbocycles. The van der Waals surface area contributed by atoms with Crippen molar-refractivity contribution in [3.8, 4) is 0 Å². The van der Waals surface area contributed by atoms with E-state index in [-0.39, 0.29) is 0 Å². The number of esters is 1. The smallest absolute Gasteiger partial charge is 0.339 e. The average Bonchev–Trinajstić information content (AvgIpc) is 2.41. The molecule has 0 aliphatic rings. The summed E-state index contributed by atoms with van der Waals surface area (Å²) in [6, 6.07) is 6.81. The van der Waals surface area contributed by atoms with Gasteiger partial charge in [-0.15, -0.1) is 0 Å². The second kappa shape index (κ2) is 5.50. The van der Waals surface area contributed by atoms with Gasteiger partial charge in [0.1, 0.15) is 0 Å². The van der Waals surface area contributed by atoms with Gasteiger partial charge in [-0.05, 0) is 30.0 Å². The van der Waals surface area contributed by atoms with Gasteiger partial charge in [-0.1, -0.05) is 6.07 Å². The molecule has 1 aromatic heterocycles. The van der Waals surface area contributed by atoms with Crippen LogP contribution in [0.15, 0.2) is 46.7 Å². The zero-order chi connectivity index (χ0) is 13.0. The summed E-state index contributed by atoms with van der Waals surface area (Å²) in [4.78, 5) is 20.4. The summed E-state index contributed by atoms with van der Waals surface area (Å²) in [7, 11) is 1.33. The Morgan fingerprint density at radius 2 is 2.00 bits per heavy atom. The summed E-state index contributed by atoms with van der Waals surface area (Å²) in [6.07, 6.45) is 3.26. The fraction of sp³-hybridized carbons (Fsp3) is 0.0833. The van der Waals surface area contributed by atoms with E-state index in [1.54, 1.807) is 36.7 Å². The molecule has 18 heavy (non-hydrogen) atoms. The lowest BCUT2D eigenvalue weighted by molar-refractivity contribution is 0.0597. The standard InChI is InChI=1S/C12H11N3O2S/c1-17-11(16)8-4-2-5-9(13)10(8)18-12-14-6-3-7-15-12/h2-7H,13H2,1H3. The fourth-order valence-corrected chi connectivity index (χ4v) is 2.23. The molecule has 2 N–H and O–H groups in total. The van der Waals surface area contributed by atoms with E-state index in [0.717, 1.165) is 0 Å². The maximum atomic E-state index is 11.6. The Morgan fingerprint density at radius 1 is 1.28 bits per heavy atom. The zero-order valence-electron chi connectivity index (χ0n) is 9.66. The van der Waals surface area contributed by atoms with Crippen LogP contribution in [0.1, 0.15) is 10.4 Å². The van der Waals surface area contributed by atoms with Crippen molar-refractivity contribution in [3.63, 3.8) is 0 Å². The minimum Gasteiger partial charge on any atom is -0.465 e. The summed E-state index contributed by atoms with van der Waals surface area (Å²) in [6.45, 7) is 0. The van der Waals surface area contributed by atoms with E-state index in [0.29, 0.717) is 21.3 Å². The van der Waals surface area contributed by atoms with Gasteiger partial charge in [-0.25, -0.2) is 14.8 Å². The number of carbonyl (C=O) groups is 1. The van der Waals surface area contributed by atoms with Crippen molar-refractivity contribution in [1.82, 2.24) is 9.97 Å². The number of aromatic nitrogens is 2. The molecule has 6 heteroatoms. The first-order chi connectivity index (χ1) is 8.72. The molecule has 0 saturated heterocycles. The highest BCUT2D eigenvalue weighted by Gasteiger charge is 2.16. The Labute approximate surface area is 108 Å². The van der Waals surface area contributed by atoms with E-state index in [1.165, 1.54) is 18.9 Å². The molecule has 92 valence electrons. The molecule has 1 heterocycles. The lowest BCUT2D eigenvalue weighted by Gasteiger charge is -2.09. The fourth-order valence-electron chi connectivity index (χ4n) is 1.37. The van der Waals surface area contributed by atoms with Crippen molar-refractivity contribution in [2.75, 3.05) is 12.8 Å². The summed E-state index contributed by atoms with van der Waals surface area (Å²) in [5.74, 6) is -0.430. The van der Waals surface area contributed by atoms with E-state index < -0.39 is 5.97 Å². The number of nitrogens with two attached hydrogens (primary N) is 1. The van der Waals surface area contributed by atoms with Crippen molar-refractivity contribution >= 4 is 23.4 Å². The average molecular weight is 261 g/mol. The number of methoxy groups -OCH3 is 1. The molecule has 5 nitrogen and oxygen atoms in total. The molecule has 0 atom stereocenters. The molecule has 2 aromatic rings. The number of carbonyl (C=O) groups excluding carboxylic acids is 1. The first-order valence-electron chi connectivity index (χ1n) is 5.14. The topological polar surface area (TPSA) is 78.1 Å². The zero-order valence-corrected chi connectivity index (χ0v) is 10.5. The molecular formula is C12H11N3O2S. The Hall–Kier alpha value is -2.08. The van der Waals surface area contributed by atoms with E-state index >= 15 is 0 Å². The highest BCUT2D eigenvalue weighted by Crippen LogP contribution is 2.33. The number of nitrogens with zero attached hydrogens (tertiary/aromatic N) is 2. The number of benzene rings is 1. The van der Waals surface area contributed by atoms with Crippen LogP contribution in [0.4, 0.5) is 5.69 Å². The Bertz CT molecular complexity index is 561. The number of ether oxygens (including phenoxy) is 1. The maximum absolute atomic E-state index is 11.6. The highest BCUT2D eigenvalue weighted by atomic mass is 32.2. The summed E-state index contributed by atoms with van der Waals surface area (Å²) in [5, 5.41) is 0.528. The first kappa shape index (κ1) is 12.4. The van der Waals surface area contributed by atoms with Crippen molar-refractivity contribution in [3.05, 3.63) is 42.2 Å². The lowest BCUT2D eigenvalue weighted by atomic mass is 10.2. The Balaban J connectivity index is 2.40. The molecule has 0 aliphatic heterocycles. The number of nitrogen functional groups attached to an aromatic ring is 1. The number of anilines is 1. The van der Waals surface area contributed by atoms with Gasteiger partial charge in [0.25, 0.3) is 0 Å². The largest absolute Gasteiger partial charge is 0.465 e. The molecule has 2 rings (SSSR count). The van der Waals surface area contributed by atoms with Gasteiger partial charge in [0.15, 0.2) is 5.16 Å². The van der Waals surface area contributed by atoms with Crippen molar-refractivity contribution in [1.29, 1.82) is 0 Å². The van der Waals surface area contributed by atoms with E-state index in [1.807, 2.05) is 0 Å². The van der Waals surface area contributed by atoms with Gasteiger partial charge in [0.2, 0.25) is 0 Å². The highest BCUT2D eigenvalue weighted by molar-refractivity contribution is 7.99. The summed E-state index contributed by atoms with van der Waals surface area (Å²) >= 11 is 1.24. The van der Waals surface area contributed by atoms with Crippen LogP contribution in [0.25, 0.3) is 0 Å². The van der Waals surface area contributed by atoms with Crippen LogP contribution in [0.3, 0.4) is 0 Å². The Kier molecular flexibility index (Phi) is 3.78. The van der Waals surface area contributed by atoms with Crippen LogP contribution >= 0.6 is 11.8 Å². The Morgan fingerprint density at radius 3 is 2.67 bits per heavy atom. The van der Waals surface area contributed by atoms with Gasteiger partial charge < -0.3 is 10.5 Å². The molecule has 1 aromatic carbocycles. The van der Waals surface area contributed by atoms with Gasteiger partial charge in [-0.3, -0.25) is 0 Å². The molecule has 0 saturated carbocycles. The quantitative estimate of drug-likeness (QED) is 0.517. The van der Waals surface area contributed by atoms with Gasteiger partial charge in [0.05, 0.1) is 17.6 Å². The van der Waals surface area contributed by atoms with Gasteiger partial charge in [-0.2, -0.15) is 0 Å². The molecular weight excluding hydrogens is 250 g/mol. The van der Waals surface area contributed by atoms with E-state index in [9.17, 15) is 4.79 Å². The number of rotatable bonds is 3. The molecule has 0 bridgehead atoms. The molecule has 0 unspecified atom stereocenters. The van der Waals surface area contributed by atoms with Crippen molar-refractivity contribution in [2.24, 2.45) is 0 Å². The predicted molar refractivity (Wildman–Crippen MR) is 68.3 cm³/mol. The molecule has 0 fully saturated rings. The molecule has 0 spiro atoms. The second-order valence-electron chi connectivity index (χ2n) is 3.35. The summed E-state index contributed by atoms with van der Waals surface area (Å²) < 4.78 is 4.72. The number of hydrogen-bond donors (Lipinski definition) is 1. The van der Waals surface area contributed by atoms with Crippen LogP contribution in [0.2, 0.25) is 0 Å². The first-order valence-corrected chi connectivity index (χ1v) is 5.95. The summed E-state index contributed by atoms with van der Waals surface area (Å²) in [5.41, 5.74) is 6.79. The van der Waals surface area contributed by atoms with Gasteiger partial charge in [0, 0.05) is 18.1 Å². The minimum absolute atomic E-state index is 0.412. The molecule has 0 radical (unpaired) electrons. The lowest BCUT2D eigenvalue weighted by Crippen LogP contribution is -2.05. The third kappa shape index (κ3) is 2.60. The third-order valence-corrected chi connectivity index (χ3v) is 3.24. The van der Waals surface area contributed by atoms with Crippen LogP contribution in [-0.2, 0) is 4.74 Å². The van der Waals surface area contributed by atoms with Crippen molar-refractivity contribution < 1.29 is 9.53 Å². The van der Waals surface area contributed by atoms with Gasteiger partial charge >= 0.3 is 5.97 Å². The normalized spacial score (nSPS) is 10.1. The van der Waals surface area contributed by atoms with E-state index in [2.05, 4.69) is 9.97 Å². The van der Waals surface area contributed by atoms with E-state index in [4.69, 9.17) is 10.5 Å². The van der Waals surface area contributed by atoms with Crippen LogP contribution < -0.4 is 5.73 Å². The predicted octanol–water partition coefficient (Wildman–Crippen LogP) is 2.00. The SMILES string of the molecule is COC(=O)c1cccc(N)c1Sc1ncccn1. The second-order valence-corrected chi connectivity index (χ2v) is 4.33.